The highest BCUT2D eigenvalue weighted by molar-refractivity contribution is 5.78. The Morgan fingerprint density at radius 2 is 1.96 bits per heavy atom. The molecule has 6 nitrogen and oxygen atoms in total. The zero-order valence-electron chi connectivity index (χ0n) is 14.8. The van der Waals surface area contributed by atoms with Crippen LogP contribution in [0.15, 0.2) is 18.6 Å². The van der Waals surface area contributed by atoms with Gasteiger partial charge in [0.15, 0.2) is 0 Å². The van der Waals surface area contributed by atoms with Gasteiger partial charge >= 0.3 is 5.97 Å². The predicted molar refractivity (Wildman–Crippen MR) is 92.8 cm³/mol. The van der Waals surface area contributed by atoms with Crippen LogP contribution < -0.4 is 4.90 Å². The highest BCUT2D eigenvalue weighted by Gasteiger charge is 2.46. The van der Waals surface area contributed by atoms with Crippen LogP contribution in [0.5, 0.6) is 0 Å². The van der Waals surface area contributed by atoms with E-state index in [4.69, 9.17) is 4.74 Å². The Bertz CT molecular complexity index is 539. The number of esters is 1. The Morgan fingerprint density at radius 3 is 2.54 bits per heavy atom. The highest BCUT2D eigenvalue weighted by Crippen LogP contribution is 2.41. The minimum absolute atomic E-state index is 0.0185. The van der Waals surface area contributed by atoms with E-state index in [-0.39, 0.29) is 17.5 Å². The molecule has 2 saturated heterocycles. The van der Waals surface area contributed by atoms with Crippen molar-refractivity contribution in [2.75, 3.05) is 37.6 Å². The number of cyclic esters (lactones) is 1. The van der Waals surface area contributed by atoms with E-state index in [1.807, 2.05) is 6.20 Å². The van der Waals surface area contributed by atoms with Gasteiger partial charge in [-0.3, -0.25) is 14.7 Å². The Balaban J connectivity index is 1.44. The van der Waals surface area contributed by atoms with Crippen molar-refractivity contribution in [3.63, 3.8) is 0 Å². The van der Waals surface area contributed by atoms with Gasteiger partial charge in [0, 0.05) is 51.5 Å². The van der Waals surface area contributed by atoms with Crippen LogP contribution in [-0.2, 0) is 9.53 Å². The van der Waals surface area contributed by atoms with Crippen molar-refractivity contribution in [2.24, 2.45) is 5.41 Å². The van der Waals surface area contributed by atoms with Crippen LogP contribution >= 0.6 is 0 Å². The Kier molecular flexibility index (Phi) is 5.33. The van der Waals surface area contributed by atoms with Crippen LogP contribution in [0.2, 0.25) is 0 Å². The van der Waals surface area contributed by atoms with E-state index >= 15 is 0 Å². The fourth-order valence-electron chi connectivity index (χ4n) is 3.81. The van der Waals surface area contributed by atoms with Crippen LogP contribution in [0.1, 0.15) is 39.5 Å². The first kappa shape index (κ1) is 17.1. The van der Waals surface area contributed by atoms with Crippen molar-refractivity contribution in [3.05, 3.63) is 18.6 Å². The molecule has 0 spiro atoms. The quantitative estimate of drug-likeness (QED) is 0.744. The van der Waals surface area contributed by atoms with Gasteiger partial charge in [-0.25, -0.2) is 4.98 Å². The molecule has 1 atom stereocenters. The molecule has 2 aliphatic heterocycles. The summed E-state index contributed by atoms with van der Waals surface area (Å²) in [5.41, 5.74) is -0.227. The number of ether oxygens (including phenoxy) is 1. The number of nitrogens with zero attached hydrogens (tertiary/aromatic N) is 4. The maximum absolute atomic E-state index is 12.2. The second kappa shape index (κ2) is 7.47. The summed E-state index contributed by atoms with van der Waals surface area (Å²) < 4.78 is 5.65. The summed E-state index contributed by atoms with van der Waals surface area (Å²) in [5.74, 6) is 0.975. The number of carbonyl (C=O) groups is 1. The summed E-state index contributed by atoms with van der Waals surface area (Å²) in [6.45, 7) is 9.16. The van der Waals surface area contributed by atoms with Crippen molar-refractivity contribution in [1.29, 1.82) is 0 Å². The first-order chi connectivity index (χ1) is 11.7. The summed E-state index contributed by atoms with van der Waals surface area (Å²) in [5, 5.41) is 0. The molecular formula is C18H28N4O2. The van der Waals surface area contributed by atoms with Gasteiger partial charge < -0.3 is 9.64 Å². The second-order valence-corrected chi connectivity index (χ2v) is 6.90. The van der Waals surface area contributed by atoms with Crippen molar-refractivity contribution < 1.29 is 9.53 Å². The minimum Gasteiger partial charge on any atom is -0.462 e. The van der Waals surface area contributed by atoms with E-state index in [0.717, 1.165) is 64.2 Å². The number of anilines is 1. The maximum atomic E-state index is 12.2. The van der Waals surface area contributed by atoms with Gasteiger partial charge in [-0.1, -0.05) is 13.8 Å². The molecule has 0 bridgehead atoms. The topological polar surface area (TPSA) is 58.6 Å². The monoisotopic (exact) mass is 332 g/mol. The van der Waals surface area contributed by atoms with Gasteiger partial charge in [0.2, 0.25) is 0 Å². The van der Waals surface area contributed by atoms with Crippen molar-refractivity contribution in [2.45, 2.75) is 45.6 Å². The molecule has 1 aromatic heterocycles. The Labute approximate surface area is 144 Å². The van der Waals surface area contributed by atoms with E-state index in [1.165, 1.54) is 0 Å². The lowest BCUT2D eigenvalue weighted by Gasteiger charge is -2.35. The molecule has 0 radical (unpaired) electrons. The van der Waals surface area contributed by atoms with Crippen LogP contribution in [0.3, 0.4) is 0 Å². The first-order valence-electron chi connectivity index (χ1n) is 9.11. The van der Waals surface area contributed by atoms with E-state index in [0.29, 0.717) is 0 Å². The molecule has 1 aromatic rings. The normalized spacial score (nSPS) is 24.2. The molecule has 6 heteroatoms. The first-order valence-corrected chi connectivity index (χ1v) is 9.11. The minimum atomic E-state index is -0.227. The number of carbonyl (C=O) groups excluding carboxylic acids is 1. The molecular weight excluding hydrogens is 304 g/mol. The van der Waals surface area contributed by atoms with Crippen LogP contribution in [0.25, 0.3) is 0 Å². The highest BCUT2D eigenvalue weighted by atomic mass is 16.6. The van der Waals surface area contributed by atoms with Gasteiger partial charge in [-0.15, -0.1) is 0 Å². The summed E-state index contributed by atoms with van der Waals surface area (Å²) in [4.78, 5) is 25.4. The molecule has 3 rings (SSSR count). The third kappa shape index (κ3) is 3.53. The molecule has 0 aliphatic carbocycles. The molecule has 24 heavy (non-hydrogen) atoms. The zero-order valence-corrected chi connectivity index (χ0v) is 14.8. The maximum Gasteiger partial charge on any atom is 0.312 e. The molecule has 0 N–H and O–H groups in total. The van der Waals surface area contributed by atoms with Crippen LogP contribution in [0.4, 0.5) is 5.82 Å². The van der Waals surface area contributed by atoms with E-state index < -0.39 is 0 Å². The number of piperazine rings is 1. The number of hydrogen-bond acceptors (Lipinski definition) is 6. The summed E-state index contributed by atoms with van der Waals surface area (Å²) in [7, 11) is 0. The average molecular weight is 332 g/mol. The van der Waals surface area contributed by atoms with Gasteiger partial charge in [0.05, 0.1) is 11.6 Å². The molecule has 0 amide bonds. The van der Waals surface area contributed by atoms with Gasteiger partial charge in [-0.05, 0) is 19.3 Å². The third-order valence-corrected chi connectivity index (χ3v) is 5.69. The number of rotatable bonds is 6. The third-order valence-electron chi connectivity index (χ3n) is 5.69. The SMILES string of the molecule is CCC1(CC)CC(CCN2CCN(c3cnccn3)CC2)OC1=O. The predicted octanol–water partition coefficient (Wildman–Crippen LogP) is 2.11. The summed E-state index contributed by atoms with van der Waals surface area (Å²) in [6, 6.07) is 0. The van der Waals surface area contributed by atoms with Crippen molar-refractivity contribution in [3.8, 4) is 0 Å². The van der Waals surface area contributed by atoms with Gasteiger partial charge in [-0.2, -0.15) is 0 Å². The average Bonchev–Trinajstić information content (AvgIpc) is 2.97. The molecule has 2 fully saturated rings. The molecule has 132 valence electrons. The van der Waals surface area contributed by atoms with Crippen LogP contribution in [0, 0.1) is 5.41 Å². The standard InChI is InChI=1S/C18H28N4O2/c1-3-18(4-2)13-15(24-17(18)23)5-8-21-9-11-22(12-10-21)16-14-19-6-7-20-16/h6-7,14-15H,3-5,8-13H2,1-2H3. The van der Waals surface area contributed by atoms with Crippen molar-refractivity contribution in [1.82, 2.24) is 14.9 Å². The fourth-order valence-corrected chi connectivity index (χ4v) is 3.81. The Morgan fingerprint density at radius 1 is 1.21 bits per heavy atom. The molecule has 0 saturated carbocycles. The number of hydrogen-bond donors (Lipinski definition) is 0. The fraction of sp³-hybridized carbons (Fsp3) is 0.722. The van der Waals surface area contributed by atoms with Gasteiger partial charge in [0.25, 0.3) is 0 Å². The second-order valence-electron chi connectivity index (χ2n) is 6.90. The smallest absolute Gasteiger partial charge is 0.312 e. The number of aromatic nitrogens is 2. The Hall–Kier alpha value is -1.69. The largest absolute Gasteiger partial charge is 0.462 e. The zero-order chi connectivity index (χ0) is 17.0. The van der Waals surface area contributed by atoms with Gasteiger partial charge in [0.1, 0.15) is 11.9 Å². The summed E-state index contributed by atoms with van der Waals surface area (Å²) >= 11 is 0. The molecule has 2 aliphatic rings. The van der Waals surface area contributed by atoms with Crippen molar-refractivity contribution >= 4 is 11.8 Å². The lowest BCUT2D eigenvalue weighted by atomic mass is 9.79. The molecule has 1 unspecified atom stereocenters. The molecule has 3 heterocycles. The van der Waals surface area contributed by atoms with Crippen LogP contribution in [-0.4, -0.2) is 59.7 Å². The molecule has 0 aromatic carbocycles. The lowest BCUT2D eigenvalue weighted by molar-refractivity contribution is -0.149. The van der Waals surface area contributed by atoms with E-state index in [9.17, 15) is 4.79 Å². The van der Waals surface area contributed by atoms with E-state index in [1.54, 1.807) is 12.4 Å². The van der Waals surface area contributed by atoms with E-state index in [2.05, 4.69) is 33.6 Å². The lowest BCUT2D eigenvalue weighted by Crippen LogP contribution is -2.47. The summed E-state index contributed by atoms with van der Waals surface area (Å²) in [6.07, 6.45) is 8.96.